The first kappa shape index (κ1) is 24.3. The highest BCUT2D eigenvalue weighted by Crippen LogP contribution is 2.42. The summed E-state index contributed by atoms with van der Waals surface area (Å²) in [5.74, 6) is -1.40. The van der Waals surface area contributed by atoms with Crippen molar-refractivity contribution in [2.75, 3.05) is 4.90 Å². The van der Waals surface area contributed by atoms with E-state index in [2.05, 4.69) is 4.98 Å². The lowest BCUT2D eigenvalue weighted by molar-refractivity contribution is -0.143. The molecular formula is C16H10ClF9N2OS. The van der Waals surface area contributed by atoms with Crippen LogP contribution in [0.5, 0.6) is 0 Å². The van der Waals surface area contributed by atoms with Gasteiger partial charge in [0.1, 0.15) is 4.34 Å². The SMILES string of the molecule is CC(C)N(C(=O)c1cc(C(F)(F)F)cc(C(F)(F)F)c1)c1nc(C(F)(F)F)c(Cl)s1. The molecule has 0 aliphatic rings. The predicted octanol–water partition coefficient (Wildman–Crippen LogP) is 6.91. The van der Waals surface area contributed by atoms with Crippen molar-refractivity contribution in [2.45, 2.75) is 38.4 Å². The van der Waals surface area contributed by atoms with Gasteiger partial charge in [0.25, 0.3) is 5.91 Å². The normalized spacial score (nSPS) is 13.1. The molecule has 1 aromatic heterocycles. The molecule has 3 nitrogen and oxygen atoms in total. The first-order chi connectivity index (χ1) is 13.4. The number of alkyl halides is 9. The topological polar surface area (TPSA) is 33.2 Å². The molecule has 0 saturated heterocycles. The maximum absolute atomic E-state index is 13.0. The maximum atomic E-state index is 13.0. The molecule has 0 aliphatic heterocycles. The van der Waals surface area contributed by atoms with Crippen LogP contribution in [0, 0.1) is 0 Å². The fourth-order valence-electron chi connectivity index (χ4n) is 2.33. The molecule has 0 atom stereocenters. The Hall–Kier alpha value is -2.02. The average molecular weight is 485 g/mol. The molecule has 0 spiro atoms. The summed E-state index contributed by atoms with van der Waals surface area (Å²) < 4.78 is 116. The fourth-order valence-corrected chi connectivity index (χ4v) is 3.63. The molecule has 1 heterocycles. The summed E-state index contributed by atoms with van der Waals surface area (Å²) in [4.78, 5) is 16.5. The van der Waals surface area contributed by atoms with Gasteiger partial charge in [-0.2, -0.15) is 39.5 Å². The minimum absolute atomic E-state index is 0.168. The third-order valence-corrected chi connectivity index (χ3v) is 4.87. The number of halogens is 10. The Morgan fingerprint density at radius 3 is 1.73 bits per heavy atom. The molecule has 166 valence electrons. The van der Waals surface area contributed by atoms with Crippen LogP contribution < -0.4 is 4.90 Å². The molecule has 0 aliphatic carbocycles. The molecule has 0 saturated carbocycles. The first-order valence-corrected chi connectivity index (χ1v) is 8.99. The lowest BCUT2D eigenvalue weighted by Gasteiger charge is -2.25. The number of rotatable bonds is 3. The van der Waals surface area contributed by atoms with Crippen molar-refractivity contribution in [3.63, 3.8) is 0 Å². The van der Waals surface area contributed by atoms with E-state index in [-0.39, 0.29) is 29.5 Å². The summed E-state index contributed by atoms with van der Waals surface area (Å²) in [6.45, 7) is 2.58. The number of thiazole rings is 1. The lowest BCUT2D eigenvalue weighted by Crippen LogP contribution is -2.37. The van der Waals surface area contributed by atoms with Crippen molar-refractivity contribution < 1.29 is 44.3 Å². The summed E-state index contributed by atoms with van der Waals surface area (Å²) in [6, 6.07) is -0.761. The number of anilines is 1. The van der Waals surface area contributed by atoms with E-state index in [0.29, 0.717) is 4.90 Å². The van der Waals surface area contributed by atoms with Crippen molar-refractivity contribution >= 4 is 34.0 Å². The summed E-state index contributed by atoms with van der Waals surface area (Å²) in [5.41, 5.74) is -6.02. The number of amides is 1. The number of hydrogen-bond acceptors (Lipinski definition) is 3. The quantitative estimate of drug-likeness (QED) is 0.444. The second-order valence-electron chi connectivity index (χ2n) is 6.18. The van der Waals surface area contributed by atoms with Crippen LogP contribution in [0.3, 0.4) is 0 Å². The average Bonchev–Trinajstić information content (AvgIpc) is 2.94. The largest absolute Gasteiger partial charge is 0.435 e. The van der Waals surface area contributed by atoms with Gasteiger partial charge in [-0.05, 0) is 32.0 Å². The van der Waals surface area contributed by atoms with Gasteiger partial charge in [0.15, 0.2) is 10.8 Å². The van der Waals surface area contributed by atoms with Crippen LogP contribution in [0.15, 0.2) is 18.2 Å². The van der Waals surface area contributed by atoms with Gasteiger partial charge in [-0.15, -0.1) is 0 Å². The van der Waals surface area contributed by atoms with Crippen LogP contribution in [0.25, 0.3) is 0 Å². The Morgan fingerprint density at radius 1 is 0.933 bits per heavy atom. The van der Waals surface area contributed by atoms with Crippen LogP contribution in [-0.2, 0) is 18.5 Å². The summed E-state index contributed by atoms with van der Waals surface area (Å²) in [7, 11) is 0. The van der Waals surface area contributed by atoms with Gasteiger partial charge in [0.05, 0.1) is 11.1 Å². The summed E-state index contributed by atoms with van der Waals surface area (Å²) in [5, 5.41) is -0.627. The molecule has 0 N–H and O–H groups in total. The van der Waals surface area contributed by atoms with Crippen molar-refractivity contribution in [1.82, 2.24) is 4.98 Å². The zero-order valence-electron chi connectivity index (χ0n) is 14.8. The second-order valence-corrected chi connectivity index (χ2v) is 7.76. The van der Waals surface area contributed by atoms with E-state index in [1.165, 1.54) is 13.8 Å². The highest BCUT2D eigenvalue weighted by molar-refractivity contribution is 7.19. The van der Waals surface area contributed by atoms with Gasteiger partial charge in [-0.3, -0.25) is 9.69 Å². The first-order valence-electron chi connectivity index (χ1n) is 7.79. The molecule has 0 unspecified atom stereocenters. The van der Waals surface area contributed by atoms with Crippen LogP contribution in [0.4, 0.5) is 44.6 Å². The van der Waals surface area contributed by atoms with E-state index in [0.717, 1.165) is 0 Å². The molecule has 2 rings (SSSR count). The number of carbonyl (C=O) groups is 1. The van der Waals surface area contributed by atoms with E-state index in [1.807, 2.05) is 0 Å². The van der Waals surface area contributed by atoms with Gasteiger partial charge >= 0.3 is 18.5 Å². The molecule has 14 heteroatoms. The van der Waals surface area contributed by atoms with Gasteiger partial charge in [-0.25, -0.2) is 4.98 Å². The molecular weight excluding hydrogens is 475 g/mol. The maximum Gasteiger partial charge on any atom is 0.435 e. The lowest BCUT2D eigenvalue weighted by atomic mass is 10.0. The second kappa shape index (κ2) is 7.91. The fraction of sp³-hybridized carbons (Fsp3) is 0.375. The zero-order chi connectivity index (χ0) is 23.2. The van der Waals surface area contributed by atoms with E-state index < -0.39 is 62.3 Å². The molecule has 0 bridgehead atoms. The monoisotopic (exact) mass is 484 g/mol. The molecule has 1 amide bonds. The summed E-state index contributed by atoms with van der Waals surface area (Å²) in [6.07, 6.45) is -15.4. The van der Waals surface area contributed by atoms with Gasteiger partial charge < -0.3 is 0 Å². The third kappa shape index (κ3) is 5.17. The minimum atomic E-state index is -5.20. The molecule has 1 aromatic carbocycles. The van der Waals surface area contributed by atoms with E-state index in [4.69, 9.17) is 11.6 Å². The minimum Gasteiger partial charge on any atom is -0.281 e. The number of aromatic nitrogens is 1. The number of hydrogen-bond donors (Lipinski definition) is 0. The van der Waals surface area contributed by atoms with Gasteiger partial charge in [0, 0.05) is 11.6 Å². The Kier molecular flexibility index (Phi) is 6.39. The predicted molar refractivity (Wildman–Crippen MR) is 90.5 cm³/mol. The standard InChI is InChI=1S/C16H10ClF9N2OS/c1-6(2)28(13-27-10(11(17)30-13)16(24,25)26)12(29)7-3-8(14(18,19)20)5-9(4-7)15(21,22)23/h3-6H,1-2H3. The highest BCUT2D eigenvalue weighted by Gasteiger charge is 2.40. The van der Waals surface area contributed by atoms with Gasteiger partial charge in [0.2, 0.25) is 0 Å². The van der Waals surface area contributed by atoms with Crippen molar-refractivity contribution in [3.05, 3.63) is 44.9 Å². The van der Waals surface area contributed by atoms with Crippen molar-refractivity contribution in [3.8, 4) is 0 Å². The molecule has 0 radical (unpaired) electrons. The van der Waals surface area contributed by atoms with Crippen LogP contribution in [-0.4, -0.2) is 16.9 Å². The van der Waals surface area contributed by atoms with Crippen molar-refractivity contribution in [2.24, 2.45) is 0 Å². The Labute approximate surface area is 172 Å². The van der Waals surface area contributed by atoms with Gasteiger partial charge in [-0.1, -0.05) is 22.9 Å². The molecule has 2 aromatic rings. The number of nitrogens with zero attached hydrogens (tertiary/aromatic N) is 2. The smallest absolute Gasteiger partial charge is 0.281 e. The van der Waals surface area contributed by atoms with Crippen LogP contribution in [0.1, 0.15) is 41.0 Å². The molecule has 0 fully saturated rings. The Balaban J connectivity index is 2.63. The Bertz CT molecular complexity index is 915. The van der Waals surface area contributed by atoms with Crippen LogP contribution in [0.2, 0.25) is 4.34 Å². The zero-order valence-corrected chi connectivity index (χ0v) is 16.4. The third-order valence-electron chi connectivity index (χ3n) is 3.62. The van der Waals surface area contributed by atoms with Crippen molar-refractivity contribution in [1.29, 1.82) is 0 Å². The van der Waals surface area contributed by atoms with Crippen LogP contribution >= 0.6 is 22.9 Å². The Morgan fingerprint density at radius 2 is 1.40 bits per heavy atom. The molecule has 30 heavy (non-hydrogen) atoms. The number of benzene rings is 1. The number of carbonyl (C=O) groups excluding carboxylic acids is 1. The van der Waals surface area contributed by atoms with E-state index in [9.17, 15) is 44.3 Å². The highest BCUT2D eigenvalue weighted by atomic mass is 35.5. The van der Waals surface area contributed by atoms with E-state index in [1.54, 1.807) is 0 Å². The van der Waals surface area contributed by atoms with E-state index >= 15 is 0 Å². The summed E-state index contributed by atoms with van der Waals surface area (Å²) >= 11 is 5.71.